The molecule has 1 heterocycles. The van der Waals surface area contributed by atoms with E-state index in [2.05, 4.69) is 4.98 Å². The number of aliphatic hydroxyl groups excluding tert-OH is 1. The molecule has 19 heavy (non-hydrogen) atoms. The second-order valence-electron chi connectivity index (χ2n) is 4.08. The highest BCUT2D eigenvalue weighted by molar-refractivity contribution is 7.15. The summed E-state index contributed by atoms with van der Waals surface area (Å²) in [5.74, 6) is 0. The summed E-state index contributed by atoms with van der Waals surface area (Å²) < 4.78 is 37.9. The Bertz CT molecular complexity index is 578. The van der Waals surface area contributed by atoms with Gasteiger partial charge in [0, 0.05) is 23.5 Å². The number of nitrogens with zero attached hydrogens (tertiary/aromatic N) is 1. The van der Waals surface area contributed by atoms with E-state index in [-0.39, 0.29) is 6.61 Å². The largest absolute Gasteiger partial charge is 0.416 e. The summed E-state index contributed by atoms with van der Waals surface area (Å²) in [4.78, 5) is 5.16. The van der Waals surface area contributed by atoms with Gasteiger partial charge in [-0.15, -0.1) is 11.3 Å². The molecule has 0 aliphatic rings. The normalized spacial score (nSPS) is 11.8. The molecule has 0 amide bonds. The molecule has 0 fully saturated rings. The minimum absolute atomic E-state index is 0.00502. The zero-order valence-electron chi connectivity index (χ0n) is 10.2. The molecule has 2 aromatic rings. The monoisotopic (exact) mass is 287 g/mol. The standard InChI is InChI=1S/C13H12F3NOS/c1-8-11(5-6-18)19-12(17-8)9-3-2-4-10(7-9)13(14,15)16/h2-4,7,18H,5-6H2,1H3. The maximum Gasteiger partial charge on any atom is 0.416 e. The van der Waals surface area contributed by atoms with Crippen molar-refractivity contribution in [3.63, 3.8) is 0 Å². The number of aromatic nitrogens is 1. The van der Waals surface area contributed by atoms with E-state index in [1.165, 1.54) is 17.4 Å². The number of alkyl halides is 3. The van der Waals surface area contributed by atoms with Gasteiger partial charge in [-0.3, -0.25) is 0 Å². The van der Waals surface area contributed by atoms with E-state index in [1.807, 2.05) is 0 Å². The van der Waals surface area contributed by atoms with Crippen LogP contribution in [0, 0.1) is 6.92 Å². The molecule has 0 saturated heterocycles. The highest BCUT2D eigenvalue weighted by Crippen LogP contribution is 2.34. The number of aryl methyl sites for hydroxylation is 1. The zero-order valence-corrected chi connectivity index (χ0v) is 11.0. The Morgan fingerprint density at radius 1 is 1.32 bits per heavy atom. The Morgan fingerprint density at radius 2 is 2.05 bits per heavy atom. The lowest BCUT2D eigenvalue weighted by Gasteiger charge is -2.07. The predicted molar refractivity (Wildman–Crippen MR) is 68.1 cm³/mol. The molecule has 1 aromatic heterocycles. The van der Waals surface area contributed by atoms with Crippen molar-refractivity contribution in [3.05, 3.63) is 40.4 Å². The van der Waals surface area contributed by atoms with Gasteiger partial charge in [-0.05, 0) is 19.1 Å². The van der Waals surface area contributed by atoms with Crippen molar-refractivity contribution in [3.8, 4) is 10.6 Å². The van der Waals surface area contributed by atoms with Gasteiger partial charge in [0.1, 0.15) is 5.01 Å². The number of hydrogen-bond donors (Lipinski definition) is 1. The van der Waals surface area contributed by atoms with E-state index in [1.54, 1.807) is 13.0 Å². The number of hydrogen-bond acceptors (Lipinski definition) is 3. The fraction of sp³-hybridized carbons (Fsp3) is 0.308. The summed E-state index contributed by atoms with van der Waals surface area (Å²) in [6, 6.07) is 5.12. The average molecular weight is 287 g/mol. The average Bonchev–Trinajstić information content (AvgIpc) is 2.71. The molecule has 1 aromatic carbocycles. The maximum absolute atomic E-state index is 12.6. The van der Waals surface area contributed by atoms with E-state index in [9.17, 15) is 13.2 Å². The van der Waals surface area contributed by atoms with Crippen molar-refractivity contribution in [2.45, 2.75) is 19.5 Å². The molecule has 102 valence electrons. The molecule has 0 radical (unpaired) electrons. The van der Waals surface area contributed by atoms with Crippen LogP contribution in [0.15, 0.2) is 24.3 Å². The van der Waals surface area contributed by atoms with Crippen LogP contribution in [0.4, 0.5) is 13.2 Å². The van der Waals surface area contributed by atoms with Gasteiger partial charge < -0.3 is 5.11 Å². The van der Waals surface area contributed by atoms with Gasteiger partial charge in [-0.25, -0.2) is 4.98 Å². The van der Waals surface area contributed by atoms with Crippen molar-refractivity contribution in [1.29, 1.82) is 0 Å². The molecule has 0 spiro atoms. The minimum Gasteiger partial charge on any atom is -0.396 e. The van der Waals surface area contributed by atoms with Crippen LogP contribution in [-0.4, -0.2) is 16.7 Å². The van der Waals surface area contributed by atoms with Crippen LogP contribution < -0.4 is 0 Å². The predicted octanol–water partition coefficient (Wildman–Crippen LogP) is 3.67. The summed E-state index contributed by atoms with van der Waals surface area (Å²) in [6.07, 6.45) is -3.88. The third kappa shape index (κ3) is 3.13. The van der Waals surface area contributed by atoms with Crippen molar-refractivity contribution >= 4 is 11.3 Å². The van der Waals surface area contributed by atoms with Crippen molar-refractivity contribution in [2.75, 3.05) is 6.61 Å². The second kappa shape index (κ2) is 5.30. The van der Waals surface area contributed by atoms with Crippen molar-refractivity contribution < 1.29 is 18.3 Å². The number of aliphatic hydroxyl groups is 1. The van der Waals surface area contributed by atoms with Crippen LogP contribution in [-0.2, 0) is 12.6 Å². The summed E-state index contributed by atoms with van der Waals surface area (Å²) in [5.41, 5.74) is 0.528. The molecule has 2 nitrogen and oxygen atoms in total. The molecule has 0 aliphatic heterocycles. The Balaban J connectivity index is 2.39. The summed E-state index contributed by atoms with van der Waals surface area (Å²) in [6.45, 7) is 1.80. The summed E-state index contributed by atoms with van der Waals surface area (Å²) in [7, 11) is 0. The van der Waals surface area contributed by atoms with E-state index < -0.39 is 11.7 Å². The lowest BCUT2D eigenvalue weighted by Crippen LogP contribution is -2.04. The minimum atomic E-state index is -4.35. The van der Waals surface area contributed by atoms with Crippen molar-refractivity contribution in [2.24, 2.45) is 0 Å². The highest BCUT2D eigenvalue weighted by atomic mass is 32.1. The van der Waals surface area contributed by atoms with E-state index in [4.69, 9.17) is 5.11 Å². The third-order valence-corrected chi connectivity index (χ3v) is 3.93. The van der Waals surface area contributed by atoms with Crippen LogP contribution in [0.3, 0.4) is 0 Å². The first kappa shape index (κ1) is 14.0. The van der Waals surface area contributed by atoms with Crippen LogP contribution >= 0.6 is 11.3 Å². The number of thiazole rings is 1. The van der Waals surface area contributed by atoms with Crippen LogP contribution in [0.2, 0.25) is 0 Å². The Morgan fingerprint density at radius 3 is 2.68 bits per heavy atom. The summed E-state index contributed by atoms with van der Waals surface area (Å²) >= 11 is 1.32. The molecule has 0 atom stereocenters. The smallest absolute Gasteiger partial charge is 0.396 e. The molecule has 0 aliphatic carbocycles. The quantitative estimate of drug-likeness (QED) is 0.934. The highest BCUT2D eigenvalue weighted by Gasteiger charge is 2.30. The molecular formula is C13H12F3NOS. The fourth-order valence-corrected chi connectivity index (χ4v) is 2.76. The molecule has 6 heteroatoms. The Kier molecular flexibility index (Phi) is 3.91. The zero-order chi connectivity index (χ0) is 14.0. The maximum atomic E-state index is 12.6. The van der Waals surface area contributed by atoms with Gasteiger partial charge in [0.2, 0.25) is 0 Å². The SMILES string of the molecule is Cc1nc(-c2cccc(C(F)(F)F)c2)sc1CCO. The van der Waals surface area contributed by atoms with Crippen LogP contribution in [0.5, 0.6) is 0 Å². The van der Waals surface area contributed by atoms with Gasteiger partial charge in [-0.2, -0.15) is 13.2 Å². The Labute approximate surface area is 112 Å². The van der Waals surface area contributed by atoms with Gasteiger partial charge in [0.25, 0.3) is 0 Å². The topological polar surface area (TPSA) is 33.1 Å². The van der Waals surface area contributed by atoms with Gasteiger partial charge >= 0.3 is 6.18 Å². The molecule has 0 bridgehead atoms. The lowest BCUT2D eigenvalue weighted by atomic mass is 10.1. The van der Waals surface area contributed by atoms with Crippen LogP contribution in [0.1, 0.15) is 16.1 Å². The van der Waals surface area contributed by atoms with Crippen LogP contribution in [0.25, 0.3) is 10.6 Å². The molecular weight excluding hydrogens is 275 g/mol. The third-order valence-electron chi connectivity index (χ3n) is 2.67. The first-order valence-electron chi connectivity index (χ1n) is 5.66. The molecule has 0 saturated carbocycles. The first-order valence-corrected chi connectivity index (χ1v) is 6.48. The fourth-order valence-electron chi connectivity index (χ4n) is 1.71. The molecule has 1 N–H and O–H groups in total. The van der Waals surface area contributed by atoms with E-state index in [0.29, 0.717) is 17.0 Å². The van der Waals surface area contributed by atoms with Gasteiger partial charge in [0.05, 0.1) is 11.3 Å². The number of benzene rings is 1. The number of halogens is 3. The number of rotatable bonds is 3. The molecule has 0 unspecified atom stereocenters. The van der Waals surface area contributed by atoms with E-state index in [0.717, 1.165) is 22.7 Å². The molecule has 2 rings (SSSR count). The van der Waals surface area contributed by atoms with Gasteiger partial charge in [-0.1, -0.05) is 12.1 Å². The first-order chi connectivity index (χ1) is 8.91. The lowest BCUT2D eigenvalue weighted by molar-refractivity contribution is -0.137. The van der Waals surface area contributed by atoms with Gasteiger partial charge in [0.15, 0.2) is 0 Å². The summed E-state index contributed by atoms with van der Waals surface area (Å²) in [5, 5.41) is 9.45. The second-order valence-corrected chi connectivity index (χ2v) is 5.16. The van der Waals surface area contributed by atoms with Crippen molar-refractivity contribution in [1.82, 2.24) is 4.98 Å². The van der Waals surface area contributed by atoms with E-state index >= 15 is 0 Å². The Hall–Kier alpha value is -1.40.